The molecule has 1 aliphatic carbocycles. The fourth-order valence-corrected chi connectivity index (χ4v) is 4.44. The predicted octanol–water partition coefficient (Wildman–Crippen LogP) is 4.37. The standard InChI is InChI=1S/C26H27N9O/c1-15(2)35-25(31-16(3)33-35)19-7-5-17(6-8-19)13-34-24-20(12-30-34)11-27-23(32-24)21-22(18-9-10-18)28-14-29-26(21)36-4/h5-8,11-12,14-15,18H,9-10,13H2,1-4H3. The number of hydrogen-bond donors (Lipinski definition) is 0. The van der Waals surface area contributed by atoms with Crippen molar-refractivity contribution < 1.29 is 4.74 Å². The Hall–Kier alpha value is -4.21. The van der Waals surface area contributed by atoms with Crippen molar-refractivity contribution in [3.63, 3.8) is 0 Å². The molecule has 10 heteroatoms. The van der Waals surface area contributed by atoms with Crippen LogP contribution in [-0.2, 0) is 6.54 Å². The number of ether oxygens (including phenoxy) is 1. The Morgan fingerprint density at radius 3 is 2.56 bits per heavy atom. The molecule has 0 atom stereocenters. The van der Waals surface area contributed by atoms with Crippen molar-refractivity contribution in [3.8, 4) is 28.7 Å². The number of benzene rings is 1. The van der Waals surface area contributed by atoms with Crippen molar-refractivity contribution in [1.82, 2.24) is 44.5 Å². The molecule has 1 fully saturated rings. The second-order valence-electron chi connectivity index (χ2n) is 9.41. The summed E-state index contributed by atoms with van der Waals surface area (Å²) < 4.78 is 9.40. The van der Waals surface area contributed by atoms with Gasteiger partial charge in [0.05, 0.1) is 30.9 Å². The molecular weight excluding hydrogens is 454 g/mol. The molecule has 5 aromatic rings. The number of fused-ring (bicyclic) bond motifs is 1. The highest BCUT2D eigenvalue weighted by atomic mass is 16.5. The van der Waals surface area contributed by atoms with Gasteiger partial charge < -0.3 is 4.74 Å². The largest absolute Gasteiger partial charge is 0.480 e. The molecule has 4 heterocycles. The number of aromatic nitrogens is 9. The van der Waals surface area contributed by atoms with Crippen molar-refractivity contribution in [2.24, 2.45) is 0 Å². The molecule has 0 saturated heterocycles. The number of aryl methyl sites for hydroxylation is 1. The fourth-order valence-electron chi connectivity index (χ4n) is 4.44. The molecule has 4 aromatic heterocycles. The minimum Gasteiger partial charge on any atom is -0.480 e. The van der Waals surface area contributed by atoms with Gasteiger partial charge in [0.15, 0.2) is 17.3 Å². The molecule has 182 valence electrons. The van der Waals surface area contributed by atoms with Gasteiger partial charge in [-0.25, -0.2) is 34.3 Å². The third-order valence-electron chi connectivity index (χ3n) is 6.37. The molecule has 0 radical (unpaired) electrons. The number of methoxy groups -OCH3 is 1. The molecule has 0 unspecified atom stereocenters. The van der Waals surface area contributed by atoms with Gasteiger partial charge in [-0.3, -0.25) is 0 Å². The lowest BCUT2D eigenvalue weighted by molar-refractivity contribution is 0.397. The second-order valence-corrected chi connectivity index (χ2v) is 9.41. The van der Waals surface area contributed by atoms with Gasteiger partial charge in [0, 0.05) is 23.7 Å². The van der Waals surface area contributed by atoms with Crippen molar-refractivity contribution in [2.45, 2.75) is 52.1 Å². The Labute approximate surface area is 208 Å². The zero-order chi connectivity index (χ0) is 24.8. The van der Waals surface area contributed by atoms with Crippen molar-refractivity contribution in [3.05, 3.63) is 60.1 Å². The molecule has 0 aliphatic heterocycles. The van der Waals surface area contributed by atoms with Crippen LogP contribution in [0.1, 0.15) is 55.7 Å². The lowest BCUT2D eigenvalue weighted by atomic mass is 10.1. The van der Waals surface area contributed by atoms with Gasteiger partial charge in [0.1, 0.15) is 17.7 Å². The Morgan fingerprint density at radius 2 is 1.83 bits per heavy atom. The van der Waals surface area contributed by atoms with E-state index in [0.717, 1.165) is 57.9 Å². The summed E-state index contributed by atoms with van der Waals surface area (Å²) in [7, 11) is 1.61. The van der Waals surface area contributed by atoms with E-state index in [2.05, 4.69) is 68.2 Å². The van der Waals surface area contributed by atoms with Crippen LogP contribution >= 0.6 is 0 Å². The molecule has 1 aromatic carbocycles. The number of rotatable bonds is 7. The fraction of sp³-hybridized carbons (Fsp3) is 0.346. The summed E-state index contributed by atoms with van der Waals surface area (Å²) in [5.41, 5.74) is 4.62. The number of nitrogens with zero attached hydrogens (tertiary/aromatic N) is 9. The van der Waals surface area contributed by atoms with E-state index in [4.69, 9.17) is 9.72 Å². The van der Waals surface area contributed by atoms with Crippen LogP contribution in [0.2, 0.25) is 0 Å². The average molecular weight is 482 g/mol. The highest BCUT2D eigenvalue weighted by molar-refractivity contribution is 5.77. The summed E-state index contributed by atoms with van der Waals surface area (Å²) in [4.78, 5) is 23.0. The molecule has 36 heavy (non-hydrogen) atoms. The Bertz CT molecular complexity index is 1550. The predicted molar refractivity (Wildman–Crippen MR) is 135 cm³/mol. The molecule has 0 spiro atoms. The summed E-state index contributed by atoms with van der Waals surface area (Å²) in [6.07, 6.45) is 7.36. The second kappa shape index (κ2) is 8.78. The van der Waals surface area contributed by atoms with Crippen LogP contribution in [0.3, 0.4) is 0 Å². The zero-order valence-corrected chi connectivity index (χ0v) is 20.8. The van der Waals surface area contributed by atoms with Crippen LogP contribution in [0.15, 0.2) is 43.0 Å². The van der Waals surface area contributed by atoms with Crippen molar-refractivity contribution >= 4 is 11.0 Å². The maximum atomic E-state index is 5.55. The molecule has 0 N–H and O–H groups in total. The van der Waals surface area contributed by atoms with Gasteiger partial charge >= 0.3 is 0 Å². The van der Waals surface area contributed by atoms with E-state index in [1.54, 1.807) is 25.8 Å². The van der Waals surface area contributed by atoms with E-state index >= 15 is 0 Å². The Kier molecular flexibility index (Phi) is 5.43. The van der Waals surface area contributed by atoms with Crippen molar-refractivity contribution in [2.75, 3.05) is 7.11 Å². The highest BCUT2D eigenvalue weighted by Gasteiger charge is 2.31. The smallest absolute Gasteiger partial charge is 0.227 e. The van der Waals surface area contributed by atoms with Crippen LogP contribution in [0.25, 0.3) is 33.8 Å². The first kappa shape index (κ1) is 22.3. The van der Waals surface area contributed by atoms with Crippen LogP contribution in [-0.4, -0.2) is 51.6 Å². The van der Waals surface area contributed by atoms with Crippen molar-refractivity contribution in [1.29, 1.82) is 0 Å². The monoisotopic (exact) mass is 481 g/mol. The maximum absolute atomic E-state index is 5.55. The lowest BCUT2D eigenvalue weighted by Crippen LogP contribution is -2.06. The molecule has 0 amide bonds. The van der Waals surface area contributed by atoms with E-state index in [1.807, 2.05) is 16.3 Å². The van der Waals surface area contributed by atoms with Gasteiger partial charge in [0.2, 0.25) is 5.88 Å². The topological polar surface area (TPSA) is 109 Å². The van der Waals surface area contributed by atoms with Gasteiger partial charge in [-0.15, -0.1) is 0 Å². The minimum atomic E-state index is 0.235. The highest BCUT2D eigenvalue weighted by Crippen LogP contribution is 2.44. The number of hydrogen-bond acceptors (Lipinski definition) is 8. The zero-order valence-electron chi connectivity index (χ0n) is 20.8. The van der Waals surface area contributed by atoms with Crippen LogP contribution in [0, 0.1) is 6.92 Å². The minimum absolute atomic E-state index is 0.235. The SMILES string of the molecule is COc1ncnc(C2CC2)c1-c1ncc2cnn(Cc3ccc(-c4nc(C)nn4C(C)C)cc3)c2n1. The van der Waals surface area contributed by atoms with Gasteiger partial charge in [0.25, 0.3) is 0 Å². The first-order chi connectivity index (χ1) is 17.5. The Balaban J connectivity index is 1.33. The summed E-state index contributed by atoms with van der Waals surface area (Å²) in [5.74, 6) is 3.11. The van der Waals surface area contributed by atoms with Crippen LogP contribution in [0.4, 0.5) is 0 Å². The molecule has 10 nitrogen and oxygen atoms in total. The van der Waals surface area contributed by atoms with E-state index in [0.29, 0.717) is 24.2 Å². The molecule has 1 saturated carbocycles. The average Bonchev–Trinajstić information content (AvgIpc) is 3.56. The maximum Gasteiger partial charge on any atom is 0.227 e. The lowest BCUT2D eigenvalue weighted by Gasteiger charge is -2.11. The molecule has 0 bridgehead atoms. The summed E-state index contributed by atoms with van der Waals surface area (Å²) in [6.45, 7) is 6.71. The summed E-state index contributed by atoms with van der Waals surface area (Å²) in [5, 5.41) is 9.99. The van der Waals surface area contributed by atoms with E-state index in [9.17, 15) is 0 Å². The van der Waals surface area contributed by atoms with E-state index in [1.165, 1.54) is 0 Å². The molecule has 6 rings (SSSR count). The summed E-state index contributed by atoms with van der Waals surface area (Å²) >= 11 is 0. The van der Waals surface area contributed by atoms with E-state index < -0.39 is 0 Å². The van der Waals surface area contributed by atoms with Gasteiger partial charge in [-0.05, 0) is 39.2 Å². The quantitative estimate of drug-likeness (QED) is 0.337. The molecule has 1 aliphatic rings. The van der Waals surface area contributed by atoms with E-state index in [-0.39, 0.29) is 6.04 Å². The summed E-state index contributed by atoms with van der Waals surface area (Å²) in [6, 6.07) is 8.59. The first-order valence-corrected chi connectivity index (χ1v) is 12.1. The Morgan fingerprint density at radius 1 is 1.03 bits per heavy atom. The normalized spacial score (nSPS) is 13.6. The third kappa shape index (κ3) is 3.98. The first-order valence-electron chi connectivity index (χ1n) is 12.1. The van der Waals surface area contributed by atoms with Gasteiger partial charge in [-0.2, -0.15) is 10.2 Å². The van der Waals surface area contributed by atoms with Crippen LogP contribution in [0.5, 0.6) is 5.88 Å². The third-order valence-corrected chi connectivity index (χ3v) is 6.37. The van der Waals surface area contributed by atoms with Crippen LogP contribution < -0.4 is 4.74 Å². The van der Waals surface area contributed by atoms with Gasteiger partial charge in [-0.1, -0.05) is 24.3 Å². The molecular formula is C26H27N9O.